The largest absolute Gasteiger partial charge is 0.325 e. The van der Waals surface area contributed by atoms with E-state index in [1.54, 1.807) is 36.4 Å². The molecule has 0 bridgehead atoms. The molecule has 1 aromatic heterocycles. The molecule has 2 heterocycles. The maximum atomic E-state index is 13.6. The van der Waals surface area contributed by atoms with E-state index in [0.29, 0.717) is 15.9 Å². The minimum absolute atomic E-state index is 0.0579. The van der Waals surface area contributed by atoms with Gasteiger partial charge in [0.1, 0.15) is 5.82 Å². The van der Waals surface area contributed by atoms with Crippen LogP contribution in [-0.2, 0) is 4.79 Å². The SMILES string of the molecule is CC(c1nnc(SCC(=O)Nc2cccc(Cl)c2)n1-c1ccc(F)cc1)N1CCCCC1. The highest BCUT2D eigenvalue weighted by molar-refractivity contribution is 7.99. The van der Waals surface area contributed by atoms with Crippen molar-refractivity contribution in [2.24, 2.45) is 0 Å². The van der Waals surface area contributed by atoms with Crippen molar-refractivity contribution in [2.45, 2.75) is 37.4 Å². The average molecular weight is 474 g/mol. The molecule has 9 heteroatoms. The van der Waals surface area contributed by atoms with Crippen molar-refractivity contribution in [1.29, 1.82) is 0 Å². The third-order valence-electron chi connectivity index (χ3n) is 5.50. The molecule has 4 rings (SSSR count). The van der Waals surface area contributed by atoms with Crippen LogP contribution in [0.25, 0.3) is 5.69 Å². The van der Waals surface area contributed by atoms with Crippen LogP contribution in [0.1, 0.15) is 38.1 Å². The second kappa shape index (κ2) is 10.5. The van der Waals surface area contributed by atoms with Gasteiger partial charge in [0.25, 0.3) is 0 Å². The number of piperidine rings is 1. The van der Waals surface area contributed by atoms with Gasteiger partial charge in [0, 0.05) is 16.4 Å². The summed E-state index contributed by atoms with van der Waals surface area (Å²) in [6, 6.07) is 13.3. The van der Waals surface area contributed by atoms with Crippen LogP contribution in [0.15, 0.2) is 53.7 Å². The number of rotatable bonds is 7. The number of anilines is 1. The van der Waals surface area contributed by atoms with Gasteiger partial charge in [-0.15, -0.1) is 10.2 Å². The molecule has 3 aromatic rings. The Morgan fingerprint density at radius 2 is 1.91 bits per heavy atom. The molecule has 1 amide bonds. The number of nitrogens with one attached hydrogen (secondary N) is 1. The molecule has 6 nitrogen and oxygen atoms in total. The fourth-order valence-electron chi connectivity index (χ4n) is 3.84. The minimum atomic E-state index is -0.303. The summed E-state index contributed by atoms with van der Waals surface area (Å²) < 4.78 is 15.5. The number of halogens is 2. The lowest BCUT2D eigenvalue weighted by Gasteiger charge is -2.31. The fraction of sp³-hybridized carbons (Fsp3) is 0.348. The van der Waals surface area contributed by atoms with Gasteiger partial charge in [-0.2, -0.15) is 0 Å². The molecule has 32 heavy (non-hydrogen) atoms. The molecule has 1 saturated heterocycles. The standard InChI is InChI=1S/C23H25ClFN5OS/c1-16(29-12-3-2-4-13-29)22-27-28-23(30(22)20-10-8-18(25)9-11-20)32-15-21(31)26-19-7-5-6-17(24)14-19/h5-11,14,16H,2-4,12-13,15H2,1H3,(H,26,31). The molecule has 0 aliphatic carbocycles. The van der Waals surface area contributed by atoms with E-state index in [4.69, 9.17) is 11.6 Å². The number of likely N-dealkylation sites (tertiary alicyclic amines) is 1. The third-order valence-corrected chi connectivity index (χ3v) is 6.66. The number of hydrogen-bond donors (Lipinski definition) is 1. The molecule has 1 unspecified atom stereocenters. The second-order valence-corrected chi connectivity index (χ2v) is 9.15. The Morgan fingerprint density at radius 3 is 2.62 bits per heavy atom. The quantitative estimate of drug-likeness (QED) is 0.469. The minimum Gasteiger partial charge on any atom is -0.325 e. The van der Waals surface area contributed by atoms with Crippen LogP contribution >= 0.6 is 23.4 Å². The Hall–Kier alpha value is -2.42. The summed E-state index contributed by atoms with van der Waals surface area (Å²) in [6.07, 6.45) is 3.58. The zero-order valence-electron chi connectivity index (χ0n) is 17.8. The van der Waals surface area contributed by atoms with Gasteiger partial charge in [0.05, 0.1) is 11.8 Å². The first-order valence-corrected chi connectivity index (χ1v) is 12.0. The zero-order valence-corrected chi connectivity index (χ0v) is 19.4. The van der Waals surface area contributed by atoms with Gasteiger partial charge in [-0.3, -0.25) is 14.3 Å². The molecule has 0 saturated carbocycles. The number of amides is 1. The maximum Gasteiger partial charge on any atom is 0.234 e. The van der Waals surface area contributed by atoms with Crippen LogP contribution in [-0.4, -0.2) is 44.4 Å². The van der Waals surface area contributed by atoms with E-state index in [1.165, 1.54) is 43.2 Å². The molecule has 1 fully saturated rings. The van der Waals surface area contributed by atoms with Crippen LogP contribution in [0.3, 0.4) is 0 Å². The van der Waals surface area contributed by atoms with Crippen molar-refractivity contribution in [3.05, 3.63) is 65.2 Å². The van der Waals surface area contributed by atoms with E-state index in [9.17, 15) is 9.18 Å². The van der Waals surface area contributed by atoms with Crippen molar-refractivity contribution < 1.29 is 9.18 Å². The van der Waals surface area contributed by atoms with Crippen molar-refractivity contribution in [2.75, 3.05) is 24.2 Å². The molecule has 1 aliphatic rings. The third kappa shape index (κ3) is 5.49. The Balaban J connectivity index is 1.55. The summed E-state index contributed by atoms with van der Waals surface area (Å²) in [5, 5.41) is 12.8. The van der Waals surface area contributed by atoms with E-state index in [-0.39, 0.29) is 23.5 Å². The number of carbonyl (C=O) groups is 1. The van der Waals surface area contributed by atoms with Crippen LogP contribution in [0.5, 0.6) is 0 Å². The van der Waals surface area contributed by atoms with Crippen LogP contribution in [0.4, 0.5) is 10.1 Å². The fourth-order valence-corrected chi connectivity index (χ4v) is 4.79. The van der Waals surface area contributed by atoms with E-state index < -0.39 is 0 Å². The first kappa shape index (κ1) is 22.8. The predicted octanol–water partition coefficient (Wildman–Crippen LogP) is 5.34. The summed E-state index contributed by atoms with van der Waals surface area (Å²) in [6.45, 7) is 4.15. The molecule has 2 aromatic carbocycles. The molecule has 1 aliphatic heterocycles. The molecular formula is C23H25ClFN5OS. The van der Waals surface area contributed by atoms with Crippen molar-refractivity contribution in [3.8, 4) is 5.69 Å². The highest BCUT2D eigenvalue weighted by Crippen LogP contribution is 2.29. The van der Waals surface area contributed by atoms with Crippen molar-refractivity contribution >= 4 is 35.0 Å². The monoisotopic (exact) mass is 473 g/mol. The van der Waals surface area contributed by atoms with E-state index in [0.717, 1.165) is 24.6 Å². The van der Waals surface area contributed by atoms with Gasteiger partial charge < -0.3 is 5.32 Å². The van der Waals surface area contributed by atoms with E-state index >= 15 is 0 Å². The lowest BCUT2D eigenvalue weighted by Crippen LogP contribution is -2.33. The smallest absolute Gasteiger partial charge is 0.234 e. The lowest BCUT2D eigenvalue weighted by atomic mass is 10.1. The molecule has 1 N–H and O–H groups in total. The van der Waals surface area contributed by atoms with E-state index in [2.05, 4.69) is 27.3 Å². The molecule has 1 atom stereocenters. The summed E-state index contributed by atoms with van der Waals surface area (Å²) in [4.78, 5) is 14.9. The Morgan fingerprint density at radius 1 is 1.16 bits per heavy atom. The van der Waals surface area contributed by atoms with Gasteiger partial charge in [0.2, 0.25) is 5.91 Å². The zero-order chi connectivity index (χ0) is 22.5. The van der Waals surface area contributed by atoms with Crippen LogP contribution < -0.4 is 5.32 Å². The normalized spacial score (nSPS) is 15.5. The highest BCUT2D eigenvalue weighted by atomic mass is 35.5. The number of nitrogens with zero attached hydrogens (tertiary/aromatic N) is 4. The summed E-state index contributed by atoms with van der Waals surface area (Å²) in [7, 11) is 0. The van der Waals surface area contributed by atoms with Crippen molar-refractivity contribution in [3.63, 3.8) is 0 Å². The first-order chi connectivity index (χ1) is 15.5. The summed E-state index contributed by atoms with van der Waals surface area (Å²) >= 11 is 7.28. The van der Waals surface area contributed by atoms with Crippen LogP contribution in [0.2, 0.25) is 5.02 Å². The molecule has 168 valence electrons. The van der Waals surface area contributed by atoms with Crippen LogP contribution in [0, 0.1) is 5.82 Å². The molecule has 0 spiro atoms. The number of carbonyl (C=O) groups excluding carboxylic acids is 1. The molecular weight excluding hydrogens is 449 g/mol. The number of hydrogen-bond acceptors (Lipinski definition) is 5. The molecule has 0 radical (unpaired) electrons. The Bertz CT molecular complexity index is 1070. The lowest BCUT2D eigenvalue weighted by molar-refractivity contribution is -0.113. The topological polar surface area (TPSA) is 63.1 Å². The highest BCUT2D eigenvalue weighted by Gasteiger charge is 2.25. The van der Waals surface area contributed by atoms with Gasteiger partial charge >= 0.3 is 0 Å². The Kier molecular flexibility index (Phi) is 7.44. The number of thioether (sulfide) groups is 1. The van der Waals surface area contributed by atoms with Gasteiger partial charge in [-0.05, 0) is 75.3 Å². The summed E-state index contributed by atoms with van der Waals surface area (Å²) in [5.41, 5.74) is 1.41. The number of benzene rings is 2. The van der Waals surface area contributed by atoms with Gasteiger partial charge in [0.15, 0.2) is 11.0 Å². The number of aromatic nitrogens is 3. The predicted molar refractivity (Wildman–Crippen MR) is 126 cm³/mol. The second-order valence-electron chi connectivity index (χ2n) is 7.77. The average Bonchev–Trinajstić information content (AvgIpc) is 3.22. The van der Waals surface area contributed by atoms with Gasteiger partial charge in [-0.1, -0.05) is 35.9 Å². The van der Waals surface area contributed by atoms with E-state index in [1.807, 2.05) is 4.57 Å². The Labute approximate surface area is 196 Å². The van der Waals surface area contributed by atoms with Gasteiger partial charge in [-0.25, -0.2) is 4.39 Å². The maximum absolute atomic E-state index is 13.6. The first-order valence-electron chi connectivity index (χ1n) is 10.6. The van der Waals surface area contributed by atoms with Crippen molar-refractivity contribution in [1.82, 2.24) is 19.7 Å². The summed E-state index contributed by atoms with van der Waals surface area (Å²) in [5.74, 6) is 0.472.